The van der Waals surface area contributed by atoms with Gasteiger partial charge in [0, 0.05) is 10.2 Å². The fraction of sp³-hybridized carbons (Fsp3) is 0.154. The Morgan fingerprint density at radius 3 is 2.55 bits per heavy atom. The van der Waals surface area contributed by atoms with E-state index in [1.807, 2.05) is 68.4 Å². The van der Waals surface area contributed by atoms with Gasteiger partial charge in [-0.05, 0) is 89.5 Å². The van der Waals surface area contributed by atoms with Crippen LogP contribution in [0, 0.1) is 21.8 Å². The monoisotopic (exact) mass is 616 g/mol. The lowest BCUT2D eigenvalue weighted by Gasteiger charge is -2.15. The van der Waals surface area contributed by atoms with Gasteiger partial charge in [-0.2, -0.15) is 5.26 Å². The van der Waals surface area contributed by atoms with Crippen LogP contribution in [0.1, 0.15) is 23.6 Å². The fourth-order valence-corrected chi connectivity index (χ4v) is 4.07. The molecule has 33 heavy (non-hydrogen) atoms. The number of nitriles is 1. The molecule has 3 aromatic rings. The number of para-hydroxylation sites is 1. The minimum atomic E-state index is -0.463. The van der Waals surface area contributed by atoms with Crippen molar-refractivity contribution in [2.75, 3.05) is 11.9 Å². The Hall–Kier alpha value is -2.83. The zero-order chi connectivity index (χ0) is 23.8. The lowest BCUT2D eigenvalue weighted by molar-refractivity contribution is -0.112. The molecule has 3 aromatic carbocycles. The van der Waals surface area contributed by atoms with E-state index in [4.69, 9.17) is 9.47 Å². The van der Waals surface area contributed by atoms with E-state index in [0.29, 0.717) is 36.0 Å². The van der Waals surface area contributed by atoms with Gasteiger partial charge < -0.3 is 14.8 Å². The highest BCUT2D eigenvalue weighted by Crippen LogP contribution is 2.35. The van der Waals surface area contributed by atoms with E-state index in [1.54, 1.807) is 18.2 Å². The highest BCUT2D eigenvalue weighted by Gasteiger charge is 2.15. The predicted molar refractivity (Wildman–Crippen MR) is 142 cm³/mol. The van der Waals surface area contributed by atoms with Crippen LogP contribution in [0.15, 0.2) is 70.7 Å². The normalized spacial score (nSPS) is 10.9. The van der Waals surface area contributed by atoms with Crippen LogP contribution in [0.2, 0.25) is 0 Å². The van der Waals surface area contributed by atoms with Crippen molar-refractivity contribution in [2.24, 2.45) is 0 Å². The number of ether oxygens (including phenoxy) is 2. The molecule has 0 saturated heterocycles. The van der Waals surface area contributed by atoms with E-state index >= 15 is 0 Å². The van der Waals surface area contributed by atoms with Crippen molar-refractivity contribution < 1.29 is 14.3 Å². The maximum absolute atomic E-state index is 12.7. The second kappa shape index (κ2) is 11.9. The highest BCUT2D eigenvalue weighted by atomic mass is 127. The Bertz CT molecular complexity index is 1220. The first-order valence-electron chi connectivity index (χ1n) is 10.2. The standard InChI is InChI=1S/C26H22BrIN2O3/c1-3-32-24-14-19(12-20(15-29)26(31)30-23-7-5-4-6-17(23)2)13-22(28)25(24)33-16-18-8-10-21(27)11-9-18/h4-14H,3,16H2,1-2H3,(H,30,31)/b20-12-. The first kappa shape index (κ1) is 24.8. The van der Waals surface area contributed by atoms with Crippen molar-refractivity contribution in [2.45, 2.75) is 20.5 Å². The smallest absolute Gasteiger partial charge is 0.266 e. The average Bonchev–Trinajstić information content (AvgIpc) is 2.79. The molecule has 1 N–H and O–H groups in total. The van der Waals surface area contributed by atoms with Gasteiger partial charge in [0.15, 0.2) is 11.5 Å². The minimum absolute atomic E-state index is 0.0000300. The van der Waals surface area contributed by atoms with Crippen molar-refractivity contribution in [1.29, 1.82) is 5.26 Å². The summed E-state index contributed by atoms with van der Waals surface area (Å²) in [5.74, 6) is 0.722. The summed E-state index contributed by atoms with van der Waals surface area (Å²) < 4.78 is 13.7. The van der Waals surface area contributed by atoms with Crippen LogP contribution in [-0.4, -0.2) is 12.5 Å². The molecule has 0 bridgehead atoms. The molecule has 0 spiro atoms. The zero-order valence-electron chi connectivity index (χ0n) is 18.2. The molecule has 168 valence electrons. The van der Waals surface area contributed by atoms with Crippen molar-refractivity contribution in [1.82, 2.24) is 0 Å². The van der Waals surface area contributed by atoms with E-state index in [0.717, 1.165) is 19.2 Å². The number of anilines is 1. The molecule has 0 fully saturated rings. The Kier molecular flexibility index (Phi) is 8.92. The van der Waals surface area contributed by atoms with Gasteiger partial charge in [-0.15, -0.1) is 0 Å². The molecule has 0 saturated carbocycles. The second-order valence-electron chi connectivity index (χ2n) is 7.12. The predicted octanol–water partition coefficient (Wildman–Crippen LogP) is 6.89. The lowest BCUT2D eigenvalue weighted by atomic mass is 10.1. The third kappa shape index (κ3) is 6.83. The number of halogens is 2. The first-order valence-corrected chi connectivity index (χ1v) is 12.1. The van der Waals surface area contributed by atoms with Crippen LogP contribution in [0.4, 0.5) is 5.69 Å². The number of aryl methyl sites for hydroxylation is 1. The number of amides is 1. The number of rotatable bonds is 8. The number of hydrogen-bond acceptors (Lipinski definition) is 4. The average molecular weight is 617 g/mol. The third-order valence-electron chi connectivity index (χ3n) is 4.70. The summed E-state index contributed by atoms with van der Waals surface area (Å²) in [6, 6.07) is 21.0. The van der Waals surface area contributed by atoms with Gasteiger partial charge in [0.05, 0.1) is 10.2 Å². The van der Waals surface area contributed by atoms with Gasteiger partial charge in [-0.3, -0.25) is 4.79 Å². The van der Waals surface area contributed by atoms with Crippen LogP contribution >= 0.6 is 38.5 Å². The topological polar surface area (TPSA) is 71.3 Å². The fourth-order valence-electron chi connectivity index (χ4n) is 3.03. The van der Waals surface area contributed by atoms with Gasteiger partial charge in [0.25, 0.3) is 5.91 Å². The highest BCUT2D eigenvalue weighted by molar-refractivity contribution is 14.1. The van der Waals surface area contributed by atoms with Gasteiger partial charge in [-0.25, -0.2) is 0 Å². The Morgan fingerprint density at radius 1 is 1.15 bits per heavy atom. The van der Waals surface area contributed by atoms with Crippen molar-refractivity contribution >= 4 is 56.2 Å². The van der Waals surface area contributed by atoms with E-state index in [-0.39, 0.29) is 5.57 Å². The summed E-state index contributed by atoms with van der Waals surface area (Å²) in [6.07, 6.45) is 1.55. The molecule has 7 heteroatoms. The van der Waals surface area contributed by atoms with Crippen LogP contribution in [-0.2, 0) is 11.4 Å². The molecule has 0 aliphatic carbocycles. The van der Waals surface area contributed by atoms with Crippen LogP contribution < -0.4 is 14.8 Å². The lowest BCUT2D eigenvalue weighted by Crippen LogP contribution is -2.14. The molecule has 0 unspecified atom stereocenters. The maximum Gasteiger partial charge on any atom is 0.266 e. The molecule has 0 atom stereocenters. The quantitative estimate of drug-likeness (QED) is 0.170. The van der Waals surface area contributed by atoms with E-state index < -0.39 is 5.91 Å². The molecule has 1 amide bonds. The van der Waals surface area contributed by atoms with Gasteiger partial charge in [0.1, 0.15) is 18.2 Å². The largest absolute Gasteiger partial charge is 0.490 e. The molecule has 5 nitrogen and oxygen atoms in total. The van der Waals surface area contributed by atoms with Gasteiger partial charge in [-0.1, -0.05) is 46.3 Å². The molecule has 0 aliphatic rings. The molecule has 0 radical (unpaired) electrons. The minimum Gasteiger partial charge on any atom is -0.490 e. The number of hydrogen-bond donors (Lipinski definition) is 1. The summed E-state index contributed by atoms with van der Waals surface area (Å²) >= 11 is 5.61. The number of carbonyl (C=O) groups is 1. The van der Waals surface area contributed by atoms with E-state index in [2.05, 4.69) is 43.8 Å². The van der Waals surface area contributed by atoms with Crippen molar-refractivity contribution in [3.05, 3.63) is 91.0 Å². The van der Waals surface area contributed by atoms with E-state index in [1.165, 1.54) is 0 Å². The first-order chi connectivity index (χ1) is 15.9. The summed E-state index contributed by atoms with van der Waals surface area (Å²) in [5.41, 5.74) is 3.30. The Labute approximate surface area is 215 Å². The molecule has 0 aromatic heterocycles. The summed E-state index contributed by atoms with van der Waals surface area (Å²) in [4.78, 5) is 12.7. The molecular weight excluding hydrogens is 595 g/mol. The second-order valence-corrected chi connectivity index (χ2v) is 9.19. The van der Waals surface area contributed by atoms with Gasteiger partial charge in [0.2, 0.25) is 0 Å². The third-order valence-corrected chi connectivity index (χ3v) is 6.03. The number of benzene rings is 3. The maximum atomic E-state index is 12.7. The van der Waals surface area contributed by atoms with E-state index in [9.17, 15) is 10.1 Å². The van der Waals surface area contributed by atoms with Gasteiger partial charge >= 0.3 is 0 Å². The summed E-state index contributed by atoms with van der Waals surface area (Å²) in [5, 5.41) is 12.4. The summed E-state index contributed by atoms with van der Waals surface area (Å²) in [6.45, 7) is 4.64. The SMILES string of the molecule is CCOc1cc(/C=C(/C#N)C(=O)Nc2ccccc2C)cc(I)c1OCc1ccc(Br)cc1. The summed E-state index contributed by atoms with van der Waals surface area (Å²) in [7, 11) is 0. The van der Waals surface area contributed by atoms with Crippen LogP contribution in [0.5, 0.6) is 11.5 Å². The number of nitrogens with one attached hydrogen (secondary N) is 1. The molecule has 0 aliphatic heterocycles. The van der Waals surface area contributed by atoms with Crippen LogP contribution in [0.3, 0.4) is 0 Å². The van der Waals surface area contributed by atoms with Crippen LogP contribution in [0.25, 0.3) is 6.08 Å². The number of carbonyl (C=O) groups excluding carboxylic acids is 1. The molecule has 3 rings (SSSR count). The Morgan fingerprint density at radius 2 is 1.88 bits per heavy atom. The van der Waals surface area contributed by atoms with Crippen molar-refractivity contribution in [3.8, 4) is 17.6 Å². The van der Waals surface area contributed by atoms with Crippen molar-refractivity contribution in [3.63, 3.8) is 0 Å². The zero-order valence-corrected chi connectivity index (χ0v) is 21.9. The molecule has 0 heterocycles. The number of nitrogens with zero attached hydrogens (tertiary/aromatic N) is 1. The molecular formula is C26H22BrIN2O3. The Balaban J connectivity index is 1.85.